The Morgan fingerprint density at radius 2 is 1.68 bits per heavy atom. The van der Waals surface area contributed by atoms with E-state index in [0.29, 0.717) is 17.8 Å². The molecule has 2 aromatic carbocycles. The van der Waals surface area contributed by atoms with Crippen LogP contribution in [0.3, 0.4) is 0 Å². The molecule has 1 atom stereocenters. The summed E-state index contributed by atoms with van der Waals surface area (Å²) in [7, 11) is -5.78. The predicted molar refractivity (Wildman–Crippen MR) is 99.2 cm³/mol. The van der Waals surface area contributed by atoms with Gasteiger partial charge in [0, 0.05) is 30.3 Å². The highest BCUT2D eigenvalue weighted by Crippen LogP contribution is 2.35. The molecule has 0 aliphatic carbocycles. The molecule has 2 N–H and O–H groups in total. The molecular weight excluding hydrogens is 451 g/mol. The molecule has 0 bridgehead atoms. The van der Waals surface area contributed by atoms with Gasteiger partial charge in [-0.15, -0.1) is 0 Å². The van der Waals surface area contributed by atoms with Crippen LogP contribution in [0.4, 0.5) is 30.2 Å². The summed E-state index contributed by atoms with van der Waals surface area (Å²) in [6, 6.07) is 6.56. The Hall–Kier alpha value is -3.46. The number of hydrogen-bond acceptors (Lipinski definition) is 9. The first kappa shape index (κ1) is 23.8. The third kappa shape index (κ3) is 5.79. The van der Waals surface area contributed by atoms with E-state index in [0.717, 1.165) is 0 Å². The molecule has 0 aromatic heterocycles. The van der Waals surface area contributed by atoms with E-state index in [1.165, 1.54) is 24.3 Å². The van der Waals surface area contributed by atoms with E-state index in [-0.39, 0.29) is 24.8 Å². The Labute approximate surface area is 172 Å². The van der Waals surface area contributed by atoms with Crippen LogP contribution in [-0.4, -0.2) is 41.7 Å². The van der Waals surface area contributed by atoms with Crippen LogP contribution in [-0.2, 0) is 9.84 Å². The van der Waals surface area contributed by atoms with Gasteiger partial charge < -0.3 is 15.2 Å². The average Bonchev–Trinajstić information content (AvgIpc) is 2.67. The van der Waals surface area contributed by atoms with E-state index in [2.05, 4.69) is 5.32 Å². The molecule has 0 aliphatic heterocycles. The molecule has 0 aliphatic rings. The Morgan fingerprint density at radius 3 is 2.19 bits per heavy atom. The fourth-order valence-electron chi connectivity index (χ4n) is 2.29. The van der Waals surface area contributed by atoms with Crippen molar-refractivity contribution in [1.29, 1.82) is 0 Å². The molecule has 0 spiro atoms. The molecular formula is C16H14F3N3O8S. The summed E-state index contributed by atoms with van der Waals surface area (Å²) in [4.78, 5) is 18.7. The highest BCUT2D eigenvalue weighted by atomic mass is 32.2. The number of nitrogens with zero attached hydrogens (tertiary/aromatic N) is 2. The number of non-ortho nitro benzene ring substituents is 1. The first-order valence-electron chi connectivity index (χ1n) is 8.24. The summed E-state index contributed by atoms with van der Waals surface area (Å²) in [5, 5.41) is 34.2. The second-order valence-corrected chi connectivity index (χ2v) is 7.88. The second kappa shape index (κ2) is 9.13. The quantitative estimate of drug-likeness (QED) is 0.322. The van der Waals surface area contributed by atoms with Crippen LogP contribution in [0.15, 0.2) is 47.4 Å². The van der Waals surface area contributed by atoms with Crippen molar-refractivity contribution in [2.45, 2.75) is 23.1 Å². The van der Waals surface area contributed by atoms with E-state index in [9.17, 15) is 46.9 Å². The zero-order chi connectivity index (χ0) is 23.4. The lowest BCUT2D eigenvalue weighted by molar-refractivity contribution is -0.386. The van der Waals surface area contributed by atoms with Gasteiger partial charge in [-0.2, -0.15) is 13.2 Å². The number of rotatable bonds is 9. The Morgan fingerprint density at radius 1 is 1.06 bits per heavy atom. The summed E-state index contributed by atoms with van der Waals surface area (Å²) in [5.74, 6) is -0.492. The normalized spacial score (nSPS) is 12.8. The van der Waals surface area contributed by atoms with Gasteiger partial charge in [0.1, 0.15) is 6.23 Å². The lowest BCUT2D eigenvalue weighted by atomic mass is 10.2. The second-order valence-electron chi connectivity index (χ2n) is 5.94. The molecule has 0 fully saturated rings. The molecule has 2 aromatic rings. The van der Waals surface area contributed by atoms with Gasteiger partial charge in [-0.25, -0.2) is 8.42 Å². The number of aliphatic hydroxyl groups excluding tert-OH is 1. The van der Waals surface area contributed by atoms with E-state index in [1.807, 2.05) is 0 Å². The topological polar surface area (TPSA) is 162 Å². The van der Waals surface area contributed by atoms with Gasteiger partial charge in [-0.1, -0.05) is 0 Å². The molecule has 11 nitrogen and oxygen atoms in total. The van der Waals surface area contributed by atoms with Crippen LogP contribution >= 0.6 is 0 Å². The maximum absolute atomic E-state index is 12.6. The lowest BCUT2D eigenvalue weighted by Crippen LogP contribution is -2.23. The van der Waals surface area contributed by atoms with Crippen molar-refractivity contribution in [3.8, 4) is 5.75 Å². The molecule has 2 rings (SSSR count). The van der Waals surface area contributed by atoms with Gasteiger partial charge in [-0.05, 0) is 24.3 Å². The number of aliphatic hydroxyl groups is 1. The number of nitrogens with one attached hydrogen (secondary N) is 1. The lowest BCUT2D eigenvalue weighted by Gasteiger charge is -2.15. The molecule has 1 unspecified atom stereocenters. The Bertz CT molecular complexity index is 1070. The number of ether oxygens (including phenoxy) is 1. The van der Waals surface area contributed by atoms with Crippen molar-refractivity contribution < 1.29 is 41.3 Å². The highest BCUT2D eigenvalue weighted by molar-refractivity contribution is 7.92. The monoisotopic (exact) mass is 465 g/mol. The van der Waals surface area contributed by atoms with Crippen molar-refractivity contribution >= 4 is 26.9 Å². The van der Waals surface area contributed by atoms with Crippen LogP contribution < -0.4 is 10.1 Å². The molecule has 168 valence electrons. The van der Waals surface area contributed by atoms with Crippen LogP contribution in [0.2, 0.25) is 0 Å². The zero-order valence-electron chi connectivity index (χ0n) is 15.3. The van der Waals surface area contributed by atoms with Crippen molar-refractivity contribution in [2.75, 3.05) is 11.9 Å². The Balaban J connectivity index is 2.04. The van der Waals surface area contributed by atoms with Crippen molar-refractivity contribution in [2.24, 2.45) is 0 Å². The van der Waals surface area contributed by atoms with Gasteiger partial charge in [0.2, 0.25) is 0 Å². The summed E-state index contributed by atoms with van der Waals surface area (Å²) >= 11 is 0. The number of alkyl halides is 3. The summed E-state index contributed by atoms with van der Waals surface area (Å²) in [6.07, 6.45) is -1.37. The molecule has 31 heavy (non-hydrogen) atoms. The van der Waals surface area contributed by atoms with Gasteiger partial charge >= 0.3 is 11.2 Å². The fraction of sp³-hybridized carbons (Fsp3) is 0.250. The number of sulfone groups is 1. The third-order valence-corrected chi connectivity index (χ3v) is 5.29. The Kier molecular flexibility index (Phi) is 7.02. The molecule has 0 amide bonds. The minimum absolute atomic E-state index is 0.142. The first-order chi connectivity index (χ1) is 14.3. The molecule has 0 saturated carbocycles. The SMILES string of the molecule is O=[N+]([O-])c1ccc(NC(O)CCOc2ccc(S(=O)(=O)C(F)(F)F)cc2[N+](=O)[O-])cc1. The standard InChI is InChI=1S/C16H14F3N3O8S/c17-16(18,19)31(28,29)12-5-6-14(13(9-12)22(26)27)30-8-7-15(23)20-10-1-3-11(4-2-10)21(24)25/h1-6,9,15,20,23H,7-8H2. The van der Waals surface area contributed by atoms with E-state index < -0.39 is 47.8 Å². The minimum atomic E-state index is -5.78. The minimum Gasteiger partial charge on any atom is -0.487 e. The predicted octanol–water partition coefficient (Wildman–Crippen LogP) is 3.00. The van der Waals surface area contributed by atoms with Crippen LogP contribution in [0, 0.1) is 20.2 Å². The van der Waals surface area contributed by atoms with E-state index >= 15 is 0 Å². The highest BCUT2D eigenvalue weighted by Gasteiger charge is 2.47. The fourth-order valence-corrected chi connectivity index (χ4v) is 3.07. The van der Waals surface area contributed by atoms with Crippen molar-refractivity contribution in [3.63, 3.8) is 0 Å². The average molecular weight is 465 g/mol. The first-order valence-corrected chi connectivity index (χ1v) is 9.73. The van der Waals surface area contributed by atoms with Gasteiger partial charge in [0.25, 0.3) is 15.5 Å². The molecule has 15 heteroatoms. The molecule has 0 radical (unpaired) electrons. The largest absolute Gasteiger partial charge is 0.501 e. The number of nitro benzene ring substituents is 2. The van der Waals surface area contributed by atoms with E-state index in [1.54, 1.807) is 0 Å². The zero-order valence-corrected chi connectivity index (χ0v) is 16.1. The van der Waals surface area contributed by atoms with Crippen molar-refractivity contribution in [3.05, 3.63) is 62.7 Å². The third-order valence-electron chi connectivity index (χ3n) is 3.80. The van der Waals surface area contributed by atoms with Crippen LogP contribution in [0.1, 0.15) is 6.42 Å². The van der Waals surface area contributed by atoms with E-state index in [4.69, 9.17) is 4.74 Å². The summed E-state index contributed by atoms with van der Waals surface area (Å²) in [5.41, 5.74) is -6.45. The number of nitro groups is 2. The number of hydrogen-bond donors (Lipinski definition) is 2. The maximum Gasteiger partial charge on any atom is 0.501 e. The maximum atomic E-state index is 12.6. The summed E-state index contributed by atoms with van der Waals surface area (Å²) < 4.78 is 65.8. The number of halogens is 3. The van der Waals surface area contributed by atoms with Gasteiger partial charge in [0.15, 0.2) is 5.75 Å². The van der Waals surface area contributed by atoms with Gasteiger partial charge in [-0.3, -0.25) is 20.2 Å². The van der Waals surface area contributed by atoms with Gasteiger partial charge in [0.05, 0.1) is 21.3 Å². The summed E-state index contributed by atoms with van der Waals surface area (Å²) in [6.45, 7) is -0.326. The van der Waals surface area contributed by atoms with Crippen LogP contribution in [0.5, 0.6) is 5.75 Å². The number of benzene rings is 2. The molecule has 0 saturated heterocycles. The number of anilines is 1. The van der Waals surface area contributed by atoms with Crippen LogP contribution in [0.25, 0.3) is 0 Å². The smallest absolute Gasteiger partial charge is 0.487 e. The van der Waals surface area contributed by atoms with Crippen molar-refractivity contribution in [1.82, 2.24) is 0 Å². The molecule has 0 heterocycles.